The van der Waals surface area contributed by atoms with Gasteiger partial charge in [0.05, 0.1) is 14.2 Å². The molecule has 1 heterocycles. The van der Waals surface area contributed by atoms with Crippen molar-refractivity contribution in [2.45, 2.75) is 25.7 Å². The Morgan fingerprint density at radius 1 is 1.14 bits per heavy atom. The molecule has 8 heteroatoms. The molecule has 0 saturated heterocycles. The van der Waals surface area contributed by atoms with Crippen molar-refractivity contribution in [1.29, 1.82) is 0 Å². The zero-order chi connectivity index (χ0) is 21.2. The highest BCUT2D eigenvalue weighted by molar-refractivity contribution is 6.11. The molecule has 0 unspecified atom stereocenters. The highest BCUT2D eigenvalue weighted by atomic mass is 16.6. The highest BCUT2D eigenvalue weighted by Crippen LogP contribution is 2.20. The molecule has 0 N–H and O–H groups in total. The third-order valence-electron chi connectivity index (χ3n) is 4.52. The van der Waals surface area contributed by atoms with Gasteiger partial charge in [-0.3, -0.25) is 0 Å². The second kappa shape index (κ2) is 11.1. The Balaban J connectivity index is 1.78. The maximum atomic E-state index is 12.1. The Morgan fingerprint density at radius 3 is 2.55 bits per heavy atom. The molecule has 0 bridgehead atoms. The van der Waals surface area contributed by atoms with Crippen LogP contribution in [0.4, 0.5) is 4.79 Å². The van der Waals surface area contributed by atoms with Crippen molar-refractivity contribution in [2.24, 2.45) is 4.99 Å². The van der Waals surface area contributed by atoms with Gasteiger partial charge in [-0.15, -0.1) is 0 Å². The number of unbranched alkanes of at least 4 members (excludes halogenated alkanes) is 3. The van der Waals surface area contributed by atoms with E-state index in [1.54, 1.807) is 31.3 Å². The quantitative estimate of drug-likeness (QED) is 0.339. The summed E-state index contributed by atoms with van der Waals surface area (Å²) >= 11 is 0. The van der Waals surface area contributed by atoms with Crippen LogP contribution in [-0.2, 0) is 14.3 Å². The molecule has 1 amide bonds. The molecule has 158 valence electrons. The summed E-state index contributed by atoms with van der Waals surface area (Å²) < 4.78 is 15.1. The van der Waals surface area contributed by atoms with Gasteiger partial charge in [0.2, 0.25) is 5.90 Å². The summed E-state index contributed by atoms with van der Waals surface area (Å²) in [7, 11) is 6.60. The summed E-state index contributed by atoms with van der Waals surface area (Å²) in [5.41, 5.74) is 0.977. The van der Waals surface area contributed by atoms with Crippen molar-refractivity contribution < 1.29 is 23.8 Å². The molecule has 1 aliphatic heterocycles. The third-order valence-corrected chi connectivity index (χ3v) is 4.52. The number of carbonyl (C=O) groups excluding carboxylic acids is 2. The van der Waals surface area contributed by atoms with Crippen LogP contribution in [0.15, 0.2) is 41.2 Å². The minimum Gasteiger partial charge on any atom is -0.497 e. The van der Waals surface area contributed by atoms with Crippen LogP contribution in [-0.4, -0.2) is 69.2 Å². The fraction of sp³-hybridized carbons (Fsp3) is 0.476. The number of ether oxygens (including phenoxy) is 3. The standard InChI is InChI=1S/C21H29N3O5/c1-23(12-7-5-6-8-13-24(2)21(26)28-4)15-18-20(25)29-19(22-18)16-10-9-11-17(14-16)27-3/h9-11,14-15H,5-8,12-13H2,1-4H3/b18-15+. The van der Waals surface area contributed by atoms with Crippen molar-refractivity contribution >= 4 is 18.0 Å². The van der Waals surface area contributed by atoms with Gasteiger partial charge < -0.3 is 24.0 Å². The molecule has 0 spiro atoms. The maximum Gasteiger partial charge on any atom is 0.409 e. The summed E-state index contributed by atoms with van der Waals surface area (Å²) in [4.78, 5) is 31.2. The van der Waals surface area contributed by atoms with E-state index in [0.717, 1.165) is 32.2 Å². The summed E-state index contributed by atoms with van der Waals surface area (Å²) in [6.45, 7) is 1.48. The van der Waals surface area contributed by atoms with Crippen LogP contribution < -0.4 is 4.74 Å². The number of benzene rings is 1. The van der Waals surface area contributed by atoms with Gasteiger partial charge in [0.25, 0.3) is 0 Å². The van der Waals surface area contributed by atoms with Crippen molar-refractivity contribution in [3.8, 4) is 5.75 Å². The van der Waals surface area contributed by atoms with Gasteiger partial charge in [0.1, 0.15) is 5.75 Å². The molecule has 0 aromatic heterocycles. The summed E-state index contributed by atoms with van der Waals surface area (Å²) in [6, 6.07) is 7.23. The van der Waals surface area contributed by atoms with E-state index in [2.05, 4.69) is 9.73 Å². The first-order chi connectivity index (χ1) is 13.9. The molecule has 1 aromatic rings. The van der Waals surface area contributed by atoms with Gasteiger partial charge >= 0.3 is 12.1 Å². The van der Waals surface area contributed by atoms with Crippen molar-refractivity contribution in [3.63, 3.8) is 0 Å². The first kappa shape index (κ1) is 22.3. The topological polar surface area (TPSA) is 80.7 Å². The predicted octanol–water partition coefficient (Wildman–Crippen LogP) is 3.03. The highest BCUT2D eigenvalue weighted by Gasteiger charge is 2.24. The monoisotopic (exact) mass is 403 g/mol. The van der Waals surface area contributed by atoms with Crippen LogP contribution in [0.25, 0.3) is 0 Å². The fourth-order valence-corrected chi connectivity index (χ4v) is 2.86. The van der Waals surface area contributed by atoms with E-state index in [1.165, 1.54) is 7.11 Å². The Bertz CT molecular complexity index is 775. The molecule has 1 aromatic carbocycles. The van der Waals surface area contributed by atoms with Crippen LogP contribution in [0.5, 0.6) is 5.75 Å². The van der Waals surface area contributed by atoms with Gasteiger partial charge in [-0.1, -0.05) is 18.9 Å². The van der Waals surface area contributed by atoms with E-state index in [0.29, 0.717) is 17.9 Å². The van der Waals surface area contributed by atoms with E-state index in [9.17, 15) is 9.59 Å². The number of hydrogen-bond donors (Lipinski definition) is 0. The lowest BCUT2D eigenvalue weighted by molar-refractivity contribution is -0.130. The Labute approximate surface area is 171 Å². The van der Waals surface area contributed by atoms with Crippen LogP contribution in [0.3, 0.4) is 0 Å². The Morgan fingerprint density at radius 2 is 1.86 bits per heavy atom. The molecule has 0 saturated carbocycles. The van der Waals surface area contributed by atoms with Crippen molar-refractivity contribution in [1.82, 2.24) is 9.80 Å². The van der Waals surface area contributed by atoms with Crippen LogP contribution in [0, 0.1) is 0 Å². The molecule has 0 fully saturated rings. The molecule has 29 heavy (non-hydrogen) atoms. The van der Waals surface area contributed by atoms with Gasteiger partial charge in [0.15, 0.2) is 5.70 Å². The van der Waals surface area contributed by atoms with E-state index < -0.39 is 5.97 Å². The number of esters is 1. The van der Waals surface area contributed by atoms with Crippen LogP contribution in [0.2, 0.25) is 0 Å². The average molecular weight is 403 g/mol. The number of methoxy groups -OCH3 is 2. The SMILES string of the molecule is COC(=O)N(C)CCCCCCN(C)/C=C1/N=C(c2cccc(OC)c2)OC1=O. The van der Waals surface area contributed by atoms with E-state index >= 15 is 0 Å². The molecule has 1 aliphatic rings. The van der Waals surface area contributed by atoms with Crippen LogP contribution >= 0.6 is 0 Å². The third kappa shape index (κ3) is 6.81. The number of hydrogen-bond acceptors (Lipinski definition) is 7. The fourth-order valence-electron chi connectivity index (χ4n) is 2.86. The largest absolute Gasteiger partial charge is 0.497 e. The normalized spacial score (nSPS) is 14.4. The molecule has 0 aliphatic carbocycles. The molecule has 0 radical (unpaired) electrons. The number of carbonyl (C=O) groups is 2. The Hall–Kier alpha value is -3.03. The number of aliphatic imine (C=N–C) groups is 1. The lowest BCUT2D eigenvalue weighted by atomic mass is 10.2. The Kier molecular flexibility index (Phi) is 8.51. The molecule has 2 rings (SSSR count). The lowest BCUT2D eigenvalue weighted by Gasteiger charge is -2.16. The van der Waals surface area contributed by atoms with Gasteiger partial charge in [-0.05, 0) is 31.0 Å². The predicted molar refractivity (Wildman–Crippen MR) is 110 cm³/mol. The van der Waals surface area contributed by atoms with Crippen LogP contribution in [0.1, 0.15) is 31.2 Å². The minimum atomic E-state index is -0.458. The number of amides is 1. The average Bonchev–Trinajstić information content (AvgIpc) is 3.09. The number of cyclic esters (lactones) is 1. The van der Waals surface area contributed by atoms with Gasteiger partial charge in [-0.25, -0.2) is 14.6 Å². The second-order valence-electron chi connectivity index (χ2n) is 6.84. The molecule has 0 atom stereocenters. The second-order valence-corrected chi connectivity index (χ2v) is 6.84. The lowest BCUT2D eigenvalue weighted by Crippen LogP contribution is -2.27. The first-order valence-electron chi connectivity index (χ1n) is 9.61. The zero-order valence-corrected chi connectivity index (χ0v) is 17.5. The smallest absolute Gasteiger partial charge is 0.409 e. The van der Waals surface area contributed by atoms with Crippen molar-refractivity contribution in [3.05, 3.63) is 41.7 Å². The van der Waals surface area contributed by atoms with Gasteiger partial charge in [-0.2, -0.15) is 0 Å². The van der Waals surface area contributed by atoms with Gasteiger partial charge in [0, 0.05) is 38.9 Å². The molecule has 8 nitrogen and oxygen atoms in total. The summed E-state index contributed by atoms with van der Waals surface area (Å²) in [5, 5.41) is 0. The van der Waals surface area contributed by atoms with Crippen molar-refractivity contribution in [2.75, 3.05) is 41.4 Å². The van der Waals surface area contributed by atoms with E-state index in [-0.39, 0.29) is 17.7 Å². The number of nitrogens with zero attached hydrogens (tertiary/aromatic N) is 3. The zero-order valence-electron chi connectivity index (χ0n) is 17.5. The number of rotatable bonds is 10. The molecular weight excluding hydrogens is 374 g/mol. The summed E-state index contributed by atoms with van der Waals surface area (Å²) in [5.74, 6) is 0.498. The van der Waals surface area contributed by atoms with E-state index in [1.807, 2.05) is 30.1 Å². The maximum absolute atomic E-state index is 12.1. The first-order valence-corrected chi connectivity index (χ1v) is 9.61. The molecular formula is C21H29N3O5. The summed E-state index contributed by atoms with van der Waals surface area (Å²) in [6.07, 6.45) is 5.35. The minimum absolute atomic E-state index is 0.281. The van der Waals surface area contributed by atoms with E-state index in [4.69, 9.17) is 9.47 Å².